The second-order valence-electron chi connectivity index (χ2n) is 6.27. The van der Waals surface area contributed by atoms with Gasteiger partial charge in [0.05, 0.1) is 17.7 Å². The quantitative estimate of drug-likeness (QED) is 0.637. The zero-order chi connectivity index (χ0) is 21.1. The Morgan fingerprint density at radius 1 is 1.07 bits per heavy atom. The molecule has 6 nitrogen and oxygen atoms in total. The van der Waals surface area contributed by atoms with Crippen molar-refractivity contribution in [1.29, 1.82) is 0 Å². The van der Waals surface area contributed by atoms with Gasteiger partial charge in [-0.05, 0) is 48.9 Å². The molecule has 152 valence electrons. The molecule has 0 aliphatic heterocycles. The number of nitrogens with zero attached hydrogens (tertiary/aromatic N) is 1. The average Bonchev–Trinajstić information content (AvgIpc) is 2.69. The van der Waals surface area contributed by atoms with E-state index >= 15 is 0 Å². The fourth-order valence-electron chi connectivity index (χ4n) is 2.64. The molecule has 0 saturated heterocycles. The van der Waals surface area contributed by atoms with Crippen molar-refractivity contribution in [3.8, 4) is 5.75 Å². The van der Waals surface area contributed by atoms with Crippen molar-refractivity contribution in [2.24, 2.45) is 7.05 Å². The molecule has 29 heavy (non-hydrogen) atoms. The first kappa shape index (κ1) is 20.5. The minimum absolute atomic E-state index is 0.124. The molecule has 0 radical (unpaired) electrons. The first-order chi connectivity index (χ1) is 13.8. The fraction of sp³-hybridized carbons (Fsp3) is 0.150. The minimum Gasteiger partial charge on any atom is -0.494 e. The summed E-state index contributed by atoms with van der Waals surface area (Å²) in [6.07, 6.45) is 0. The van der Waals surface area contributed by atoms with Crippen molar-refractivity contribution < 1.29 is 17.7 Å². The number of halogens is 2. The summed E-state index contributed by atoms with van der Waals surface area (Å²) < 4.78 is 49.5. The Balaban J connectivity index is 2.07. The highest BCUT2D eigenvalue weighted by atomic mass is 32.2. The van der Waals surface area contributed by atoms with Gasteiger partial charge in [0.1, 0.15) is 34.1 Å². The smallest absolute Gasteiger partial charge is 0.255 e. The van der Waals surface area contributed by atoms with E-state index in [1.807, 2.05) is 0 Å². The SMILES string of the molecule is COc1cc(=O)n(C)c(Nc2ccc(C)cc2F)c1NS(=O)c1ccc(F)cc1. The van der Waals surface area contributed by atoms with Crippen LogP contribution in [0.3, 0.4) is 0 Å². The molecule has 1 unspecified atom stereocenters. The average molecular weight is 419 g/mol. The third kappa shape index (κ3) is 4.45. The third-order valence-electron chi connectivity index (χ3n) is 4.22. The molecule has 3 rings (SSSR count). The third-order valence-corrected chi connectivity index (χ3v) is 5.31. The van der Waals surface area contributed by atoms with Gasteiger partial charge in [-0.15, -0.1) is 0 Å². The highest BCUT2D eigenvalue weighted by Gasteiger charge is 2.19. The van der Waals surface area contributed by atoms with Gasteiger partial charge < -0.3 is 10.1 Å². The number of aryl methyl sites for hydroxylation is 1. The molecule has 9 heteroatoms. The number of benzene rings is 2. The van der Waals surface area contributed by atoms with Crippen LogP contribution in [-0.2, 0) is 18.0 Å². The van der Waals surface area contributed by atoms with E-state index in [2.05, 4.69) is 10.0 Å². The largest absolute Gasteiger partial charge is 0.494 e. The summed E-state index contributed by atoms with van der Waals surface area (Å²) in [7, 11) is 1.05. The number of methoxy groups -OCH3 is 1. The van der Waals surface area contributed by atoms with Gasteiger partial charge in [0, 0.05) is 13.1 Å². The summed E-state index contributed by atoms with van der Waals surface area (Å²) in [5, 5.41) is 2.87. The molecular formula is C20H19F2N3O3S. The number of rotatable bonds is 6. The number of hydrogen-bond acceptors (Lipinski definition) is 4. The monoisotopic (exact) mass is 419 g/mol. The molecule has 2 aromatic carbocycles. The lowest BCUT2D eigenvalue weighted by atomic mass is 10.2. The zero-order valence-electron chi connectivity index (χ0n) is 16.0. The van der Waals surface area contributed by atoms with E-state index in [9.17, 15) is 17.8 Å². The Morgan fingerprint density at radius 3 is 2.38 bits per heavy atom. The number of anilines is 3. The second-order valence-corrected chi connectivity index (χ2v) is 7.48. The number of aromatic nitrogens is 1. The summed E-state index contributed by atoms with van der Waals surface area (Å²) in [6.45, 7) is 1.76. The van der Waals surface area contributed by atoms with Crippen LogP contribution in [0.4, 0.5) is 26.0 Å². The van der Waals surface area contributed by atoms with Gasteiger partial charge in [-0.25, -0.2) is 13.0 Å². The van der Waals surface area contributed by atoms with E-state index in [-0.39, 0.29) is 22.9 Å². The van der Waals surface area contributed by atoms with E-state index < -0.39 is 28.2 Å². The highest BCUT2D eigenvalue weighted by molar-refractivity contribution is 7.86. The topological polar surface area (TPSA) is 72.4 Å². The van der Waals surface area contributed by atoms with Gasteiger partial charge in [0.25, 0.3) is 5.56 Å². The normalized spacial score (nSPS) is 11.8. The minimum atomic E-state index is -1.79. The molecule has 1 atom stereocenters. The van der Waals surface area contributed by atoms with Crippen LogP contribution in [0.15, 0.2) is 58.2 Å². The van der Waals surface area contributed by atoms with Crippen LogP contribution >= 0.6 is 0 Å². The van der Waals surface area contributed by atoms with Gasteiger partial charge in [0.15, 0.2) is 5.75 Å². The van der Waals surface area contributed by atoms with Crippen LogP contribution in [0.2, 0.25) is 0 Å². The van der Waals surface area contributed by atoms with Gasteiger partial charge in [0.2, 0.25) is 0 Å². The molecule has 1 aromatic heterocycles. The first-order valence-corrected chi connectivity index (χ1v) is 9.70. The number of hydrogen-bond donors (Lipinski definition) is 2. The van der Waals surface area contributed by atoms with E-state index in [4.69, 9.17) is 4.74 Å². The molecule has 1 heterocycles. The maximum Gasteiger partial charge on any atom is 0.255 e. The maximum atomic E-state index is 14.4. The first-order valence-electron chi connectivity index (χ1n) is 8.55. The van der Waals surface area contributed by atoms with E-state index in [1.54, 1.807) is 13.0 Å². The van der Waals surface area contributed by atoms with Crippen LogP contribution in [-0.4, -0.2) is 15.9 Å². The van der Waals surface area contributed by atoms with Gasteiger partial charge >= 0.3 is 0 Å². The van der Waals surface area contributed by atoms with E-state index in [0.29, 0.717) is 4.90 Å². The summed E-state index contributed by atoms with van der Waals surface area (Å²) in [5.74, 6) is -0.681. The van der Waals surface area contributed by atoms with Crippen LogP contribution in [0.25, 0.3) is 0 Å². The summed E-state index contributed by atoms with van der Waals surface area (Å²) in [5.41, 5.74) is 0.657. The Kier molecular flexibility index (Phi) is 5.97. The molecule has 0 aliphatic rings. The highest BCUT2D eigenvalue weighted by Crippen LogP contribution is 2.34. The van der Waals surface area contributed by atoms with Crippen molar-refractivity contribution in [3.63, 3.8) is 0 Å². The van der Waals surface area contributed by atoms with Gasteiger partial charge in [-0.1, -0.05) is 6.07 Å². The van der Waals surface area contributed by atoms with Crippen LogP contribution in [0.5, 0.6) is 5.75 Å². The Hall–Kier alpha value is -3.20. The lowest BCUT2D eigenvalue weighted by Gasteiger charge is -2.19. The molecule has 0 spiro atoms. The lowest BCUT2D eigenvalue weighted by molar-refractivity contribution is 0.415. The Labute approximate surface area is 168 Å². The van der Waals surface area contributed by atoms with Crippen molar-refractivity contribution in [1.82, 2.24) is 4.57 Å². The van der Waals surface area contributed by atoms with E-state index in [1.165, 1.54) is 61.2 Å². The van der Waals surface area contributed by atoms with Crippen molar-refractivity contribution >= 4 is 28.2 Å². The summed E-state index contributed by atoms with van der Waals surface area (Å²) in [6, 6.07) is 11.0. The van der Waals surface area contributed by atoms with Gasteiger partial charge in [-0.3, -0.25) is 14.1 Å². The molecule has 0 bridgehead atoms. The molecular weight excluding hydrogens is 400 g/mol. The number of nitrogens with one attached hydrogen (secondary N) is 2. The summed E-state index contributed by atoms with van der Waals surface area (Å²) in [4.78, 5) is 12.6. The fourth-order valence-corrected chi connectivity index (χ4v) is 3.52. The molecule has 0 fully saturated rings. The van der Waals surface area contributed by atoms with Crippen LogP contribution in [0, 0.1) is 18.6 Å². The van der Waals surface area contributed by atoms with Crippen LogP contribution < -0.4 is 20.3 Å². The van der Waals surface area contributed by atoms with Crippen molar-refractivity contribution in [2.45, 2.75) is 11.8 Å². The van der Waals surface area contributed by atoms with Crippen molar-refractivity contribution in [3.05, 3.63) is 76.1 Å². The molecule has 0 amide bonds. The van der Waals surface area contributed by atoms with Gasteiger partial charge in [-0.2, -0.15) is 0 Å². The molecule has 0 aliphatic carbocycles. The maximum absolute atomic E-state index is 14.4. The Bertz CT molecular complexity index is 1130. The van der Waals surface area contributed by atoms with E-state index in [0.717, 1.165) is 5.56 Å². The Morgan fingerprint density at radius 2 is 1.76 bits per heavy atom. The second kappa shape index (κ2) is 8.44. The summed E-state index contributed by atoms with van der Waals surface area (Å²) >= 11 is 0. The molecule has 3 aromatic rings. The number of ether oxygens (including phenoxy) is 1. The lowest BCUT2D eigenvalue weighted by Crippen LogP contribution is -2.22. The number of pyridine rings is 1. The van der Waals surface area contributed by atoms with Crippen molar-refractivity contribution in [2.75, 3.05) is 17.1 Å². The molecule has 0 saturated carbocycles. The standard InChI is InChI=1S/C20H19F2N3O3S/c1-12-4-9-16(15(22)10-12)23-20-19(17(28-3)11-18(26)25(20)2)24-29(27)14-7-5-13(21)6-8-14/h4-11,23-24H,1-3H3. The predicted octanol–water partition coefficient (Wildman–Crippen LogP) is 3.86. The van der Waals surface area contributed by atoms with Crippen LogP contribution in [0.1, 0.15) is 5.56 Å². The zero-order valence-corrected chi connectivity index (χ0v) is 16.8. The predicted molar refractivity (Wildman–Crippen MR) is 109 cm³/mol. The molecule has 2 N–H and O–H groups in total.